The monoisotopic (exact) mass is 798 g/mol. The Bertz CT molecular complexity index is 2370. The molecule has 2 fully saturated rings. The molecule has 1 atom stereocenters. The molecular weight excluding hydrogens is 759 g/mol. The minimum absolute atomic E-state index is 0.0216. The van der Waals surface area contributed by atoms with Gasteiger partial charge in [-0.15, -0.1) is 0 Å². The molecule has 290 valence electrons. The van der Waals surface area contributed by atoms with Crippen LogP contribution in [-0.4, -0.2) is 99.6 Å². The van der Waals surface area contributed by atoms with Gasteiger partial charge in [0, 0.05) is 97.5 Å². The Hall–Kier alpha value is -5.54. The number of piperazine rings is 1. The summed E-state index contributed by atoms with van der Waals surface area (Å²) in [6, 6.07) is 18.1. The Balaban J connectivity index is 1.09. The lowest BCUT2D eigenvalue weighted by atomic mass is 9.97. The van der Waals surface area contributed by atoms with E-state index in [9.17, 15) is 24.3 Å². The van der Waals surface area contributed by atoms with E-state index in [4.69, 9.17) is 32.9 Å². The highest BCUT2D eigenvalue weighted by Crippen LogP contribution is 2.42. The molecule has 2 aliphatic rings. The topological polar surface area (TPSA) is 170 Å². The zero-order valence-electron chi connectivity index (χ0n) is 30.6. The summed E-state index contributed by atoms with van der Waals surface area (Å²) >= 11 is 14.2. The number of ether oxygens (including phenoxy) is 1. The number of benzene rings is 2. The van der Waals surface area contributed by atoms with Crippen LogP contribution in [0.2, 0.25) is 10.0 Å². The van der Waals surface area contributed by atoms with Gasteiger partial charge < -0.3 is 30.7 Å². The van der Waals surface area contributed by atoms with Crippen molar-refractivity contribution in [2.45, 2.75) is 32.0 Å². The van der Waals surface area contributed by atoms with E-state index < -0.39 is 6.09 Å². The number of hydrogen-bond donors (Lipinski definition) is 4. The van der Waals surface area contributed by atoms with Crippen molar-refractivity contribution in [3.63, 3.8) is 0 Å². The molecular formula is C40H40Cl2N8O6. The van der Waals surface area contributed by atoms with Crippen molar-refractivity contribution in [2.75, 3.05) is 46.4 Å². The fourth-order valence-corrected chi connectivity index (χ4v) is 7.72. The quantitative estimate of drug-likeness (QED) is 0.123. The second-order valence-electron chi connectivity index (χ2n) is 13.7. The van der Waals surface area contributed by atoms with Gasteiger partial charge in [-0.25, -0.2) is 14.8 Å². The Kier molecular flexibility index (Phi) is 11.8. The van der Waals surface area contributed by atoms with Crippen LogP contribution in [0.5, 0.6) is 5.88 Å². The van der Waals surface area contributed by atoms with Crippen LogP contribution in [0.25, 0.3) is 39.2 Å². The van der Waals surface area contributed by atoms with Crippen molar-refractivity contribution in [1.29, 1.82) is 0 Å². The number of nitrogens with zero attached hydrogens (tertiary/aromatic N) is 5. The first-order valence-electron chi connectivity index (χ1n) is 18.2. The highest BCUT2D eigenvalue weighted by molar-refractivity contribution is 6.39. The first kappa shape index (κ1) is 38.7. The van der Waals surface area contributed by atoms with Gasteiger partial charge in [-0.05, 0) is 36.2 Å². The van der Waals surface area contributed by atoms with E-state index in [1.54, 1.807) is 24.5 Å². The second-order valence-corrected chi connectivity index (χ2v) is 14.5. The normalized spacial score (nSPS) is 15.8. The number of amides is 3. The first-order chi connectivity index (χ1) is 27.1. The van der Waals surface area contributed by atoms with Gasteiger partial charge in [-0.3, -0.25) is 23.7 Å². The van der Waals surface area contributed by atoms with Crippen molar-refractivity contribution < 1.29 is 24.2 Å². The summed E-state index contributed by atoms with van der Waals surface area (Å²) in [4.78, 5) is 61.3. The fourth-order valence-electron chi connectivity index (χ4n) is 7.06. The molecule has 2 aliphatic heterocycles. The largest absolute Gasteiger partial charge is 0.481 e. The molecule has 16 heteroatoms. The Labute approximate surface area is 332 Å². The van der Waals surface area contributed by atoms with Crippen molar-refractivity contribution in [1.82, 2.24) is 40.1 Å². The van der Waals surface area contributed by atoms with Crippen LogP contribution in [0.15, 0.2) is 77.9 Å². The lowest BCUT2D eigenvalue weighted by molar-refractivity contribution is -0.124. The molecule has 2 saturated heterocycles. The minimum atomic E-state index is -1.11. The smallest absolute Gasteiger partial charge is 0.407 e. The van der Waals surface area contributed by atoms with Gasteiger partial charge in [0.2, 0.25) is 17.7 Å². The molecule has 2 aromatic carbocycles. The number of carbonyl (C=O) groups excluding carboxylic acids is 2. The molecule has 0 saturated carbocycles. The number of aromatic nitrogens is 3. The van der Waals surface area contributed by atoms with Gasteiger partial charge in [-0.2, -0.15) is 0 Å². The van der Waals surface area contributed by atoms with Gasteiger partial charge in [0.05, 0.1) is 35.9 Å². The molecule has 0 radical (unpaired) electrons. The van der Waals surface area contributed by atoms with Crippen LogP contribution >= 0.6 is 23.2 Å². The molecule has 56 heavy (non-hydrogen) atoms. The maximum absolute atomic E-state index is 13.3. The predicted molar refractivity (Wildman–Crippen MR) is 213 cm³/mol. The lowest BCUT2D eigenvalue weighted by Crippen LogP contribution is -2.49. The summed E-state index contributed by atoms with van der Waals surface area (Å²) < 4.78 is 7.11. The molecule has 3 aromatic heterocycles. The summed E-state index contributed by atoms with van der Waals surface area (Å²) in [5, 5.41) is 19.7. The highest BCUT2D eigenvalue weighted by atomic mass is 35.5. The van der Waals surface area contributed by atoms with Crippen LogP contribution in [0.3, 0.4) is 0 Å². The molecule has 0 bridgehead atoms. The van der Waals surface area contributed by atoms with E-state index in [2.05, 4.69) is 25.8 Å². The maximum atomic E-state index is 13.3. The average molecular weight is 800 g/mol. The van der Waals surface area contributed by atoms with Crippen LogP contribution in [0.4, 0.5) is 4.79 Å². The van der Waals surface area contributed by atoms with E-state index in [1.807, 2.05) is 48.5 Å². The Morgan fingerprint density at radius 2 is 1.75 bits per heavy atom. The predicted octanol–water partition coefficient (Wildman–Crippen LogP) is 4.69. The number of nitrogens with one attached hydrogen (secondary N) is 3. The highest BCUT2D eigenvalue weighted by Gasteiger charge is 2.26. The van der Waals surface area contributed by atoms with Crippen LogP contribution in [0.1, 0.15) is 24.0 Å². The Morgan fingerprint density at radius 1 is 1.00 bits per heavy atom. The summed E-state index contributed by atoms with van der Waals surface area (Å²) in [5.74, 6) is 0.191. The standard InChI is InChI=1S/C40H40Cl2N8O6/c1-56-38-25(21-49(40(54)55)22-27-9-11-34(51)46-27)8-10-32(47-38)31-7-3-6-30(37(31)42)29-5-2-4-28(36(29)41)24-12-15-50-33(18-24)45-20-26(39(50)53)19-43-13-16-48-17-14-44-35(52)23-48/h2-8,10,12,15,18,20,27,43H,9,11,13-14,16-17,19,21-23H2,1H3,(H,44,52)(H,46,51)(H,54,55)/t27-/m0/s1. The van der Waals surface area contributed by atoms with Crippen molar-refractivity contribution >= 4 is 46.8 Å². The third kappa shape index (κ3) is 8.48. The zero-order valence-corrected chi connectivity index (χ0v) is 32.1. The molecule has 0 unspecified atom stereocenters. The number of carbonyl (C=O) groups is 3. The van der Waals surface area contributed by atoms with Crippen molar-refractivity contribution in [3.8, 4) is 39.4 Å². The number of rotatable bonds is 13. The second kappa shape index (κ2) is 17.1. The van der Waals surface area contributed by atoms with Crippen LogP contribution in [-0.2, 0) is 22.7 Å². The number of halogens is 2. The van der Waals surface area contributed by atoms with Crippen molar-refractivity contribution in [3.05, 3.63) is 105 Å². The first-order valence-corrected chi connectivity index (χ1v) is 18.9. The third-order valence-electron chi connectivity index (χ3n) is 9.98. The number of methoxy groups -OCH3 is 1. The fraction of sp³-hybridized carbons (Fsp3) is 0.300. The van der Waals surface area contributed by atoms with Gasteiger partial charge in [-0.1, -0.05) is 59.6 Å². The molecule has 7 rings (SSSR count). The molecule has 14 nitrogen and oxygen atoms in total. The third-order valence-corrected chi connectivity index (χ3v) is 10.8. The van der Waals surface area contributed by atoms with Crippen LogP contribution < -0.4 is 26.2 Å². The maximum Gasteiger partial charge on any atom is 0.407 e. The van der Waals surface area contributed by atoms with Gasteiger partial charge in [0.25, 0.3) is 5.56 Å². The van der Waals surface area contributed by atoms with E-state index in [-0.39, 0.29) is 42.4 Å². The number of hydrogen-bond acceptors (Lipinski definition) is 9. The van der Waals surface area contributed by atoms with Gasteiger partial charge in [0.1, 0.15) is 5.65 Å². The van der Waals surface area contributed by atoms with Gasteiger partial charge in [0.15, 0.2) is 0 Å². The molecule has 0 spiro atoms. The number of fused-ring (bicyclic) bond motifs is 1. The summed E-state index contributed by atoms with van der Waals surface area (Å²) in [7, 11) is 1.47. The van der Waals surface area contributed by atoms with E-state index in [0.29, 0.717) is 94.8 Å². The molecule has 5 aromatic rings. The molecule has 5 heterocycles. The van der Waals surface area contributed by atoms with Gasteiger partial charge >= 0.3 is 6.09 Å². The SMILES string of the molecule is COc1nc(-c2cccc(-c3cccc(-c4ccn5c(=O)c(CNCCN6CCNC(=O)C6)cnc5c4)c3Cl)c2Cl)ccc1CN(C[C@@H]1CCC(=O)N1)C(=O)O. The average Bonchev–Trinajstić information content (AvgIpc) is 3.61. The lowest BCUT2D eigenvalue weighted by Gasteiger charge is -2.26. The van der Waals surface area contributed by atoms with E-state index >= 15 is 0 Å². The summed E-state index contributed by atoms with van der Waals surface area (Å²) in [6.07, 6.45) is 3.11. The summed E-state index contributed by atoms with van der Waals surface area (Å²) in [5.41, 5.74) is 5.38. The Morgan fingerprint density at radius 3 is 2.46 bits per heavy atom. The molecule has 3 amide bonds. The summed E-state index contributed by atoms with van der Waals surface area (Å²) in [6.45, 7) is 3.67. The zero-order chi connectivity index (χ0) is 39.3. The minimum Gasteiger partial charge on any atom is -0.481 e. The van der Waals surface area contributed by atoms with Crippen LogP contribution in [0, 0.1) is 0 Å². The molecule has 4 N–H and O–H groups in total. The number of carboxylic acid groups (broad SMARTS) is 1. The van der Waals surface area contributed by atoms with Crippen molar-refractivity contribution in [2.24, 2.45) is 0 Å². The molecule has 0 aliphatic carbocycles. The van der Waals surface area contributed by atoms with E-state index in [0.717, 1.165) is 17.7 Å². The van der Waals surface area contributed by atoms with E-state index in [1.165, 1.54) is 16.4 Å². The number of pyridine rings is 2.